The van der Waals surface area contributed by atoms with Crippen LogP contribution < -0.4 is 4.72 Å². The maximum Gasteiger partial charge on any atom is 0.341 e. The summed E-state index contributed by atoms with van der Waals surface area (Å²) in [6.45, 7) is 12.3. The first-order valence-electron chi connectivity index (χ1n) is 10.4. The van der Waals surface area contributed by atoms with Gasteiger partial charge in [0.2, 0.25) is 5.88 Å². The van der Waals surface area contributed by atoms with E-state index >= 15 is 0 Å². The van der Waals surface area contributed by atoms with E-state index < -0.39 is 45.2 Å². The molecule has 10 nitrogen and oxygen atoms in total. The van der Waals surface area contributed by atoms with Crippen LogP contribution in [-0.2, 0) is 39.3 Å². The van der Waals surface area contributed by atoms with Crippen LogP contribution in [-0.4, -0.2) is 55.5 Å². The standard InChI is InChI=1S/C22H32N2O8S/c1-14(25)30-12-13-31-19-17(20(26)27)18(32-24(19)22(5,6)7)23-33(28,29)16-10-8-15(9-11-16)21(2,3)4/h8-11,19,23H,12-13H2,1-7H3,(H,26,27). The largest absolute Gasteiger partial charge is 0.478 e. The van der Waals surface area contributed by atoms with Crippen molar-refractivity contribution in [1.29, 1.82) is 0 Å². The van der Waals surface area contributed by atoms with Gasteiger partial charge in [0.05, 0.1) is 17.0 Å². The van der Waals surface area contributed by atoms with Crippen molar-refractivity contribution >= 4 is 22.0 Å². The van der Waals surface area contributed by atoms with Crippen LogP contribution in [0.4, 0.5) is 0 Å². The minimum Gasteiger partial charge on any atom is -0.478 e. The minimum absolute atomic E-state index is 0.0436. The zero-order valence-corrected chi connectivity index (χ0v) is 20.8. The van der Waals surface area contributed by atoms with Crippen molar-refractivity contribution < 1.29 is 37.4 Å². The maximum absolute atomic E-state index is 13.0. The number of hydrogen-bond acceptors (Lipinski definition) is 8. The number of ether oxygens (including phenoxy) is 2. The van der Waals surface area contributed by atoms with Crippen LogP contribution in [0.25, 0.3) is 0 Å². The lowest BCUT2D eigenvalue weighted by Gasteiger charge is -2.34. The molecule has 33 heavy (non-hydrogen) atoms. The van der Waals surface area contributed by atoms with Crippen LogP contribution in [0.1, 0.15) is 54.0 Å². The van der Waals surface area contributed by atoms with E-state index in [-0.39, 0.29) is 23.5 Å². The van der Waals surface area contributed by atoms with Crippen molar-refractivity contribution in [2.45, 2.75) is 70.5 Å². The predicted molar refractivity (Wildman–Crippen MR) is 119 cm³/mol. The molecule has 0 aliphatic carbocycles. The lowest BCUT2D eigenvalue weighted by atomic mass is 9.87. The highest BCUT2D eigenvalue weighted by Crippen LogP contribution is 2.33. The van der Waals surface area contributed by atoms with Crippen LogP contribution in [0.3, 0.4) is 0 Å². The smallest absolute Gasteiger partial charge is 0.341 e. The molecule has 0 bridgehead atoms. The number of hydroxylamine groups is 2. The molecule has 0 amide bonds. The summed E-state index contributed by atoms with van der Waals surface area (Å²) in [5, 5.41) is 11.1. The van der Waals surface area contributed by atoms with Crippen LogP contribution in [0.2, 0.25) is 0 Å². The Kier molecular flexibility index (Phi) is 7.82. The van der Waals surface area contributed by atoms with E-state index in [1.165, 1.54) is 24.1 Å². The van der Waals surface area contributed by atoms with Crippen molar-refractivity contribution in [2.75, 3.05) is 13.2 Å². The van der Waals surface area contributed by atoms with E-state index in [1.807, 2.05) is 20.8 Å². The highest BCUT2D eigenvalue weighted by Gasteiger charge is 2.46. The molecular formula is C22H32N2O8S. The van der Waals surface area contributed by atoms with Crippen molar-refractivity contribution in [3.8, 4) is 0 Å². The zero-order valence-electron chi connectivity index (χ0n) is 20.0. The molecule has 0 aromatic heterocycles. The molecule has 1 aliphatic heterocycles. The molecule has 2 N–H and O–H groups in total. The second-order valence-electron chi connectivity index (χ2n) is 9.58. The Hall–Kier alpha value is -2.63. The highest BCUT2D eigenvalue weighted by atomic mass is 32.2. The van der Waals surface area contributed by atoms with Gasteiger partial charge in [0.25, 0.3) is 10.0 Å². The number of rotatable bonds is 8. The Morgan fingerprint density at radius 2 is 1.67 bits per heavy atom. The fourth-order valence-electron chi connectivity index (χ4n) is 3.00. The van der Waals surface area contributed by atoms with Gasteiger partial charge in [-0.2, -0.15) is 0 Å². The average molecular weight is 485 g/mol. The Morgan fingerprint density at radius 3 is 2.12 bits per heavy atom. The number of hydrogen-bond donors (Lipinski definition) is 2. The Bertz CT molecular complexity index is 1020. The first-order valence-corrected chi connectivity index (χ1v) is 11.9. The number of aliphatic carboxylic acids is 1. The number of benzene rings is 1. The maximum atomic E-state index is 13.0. The van der Waals surface area contributed by atoms with E-state index in [0.29, 0.717) is 0 Å². The molecule has 2 rings (SSSR count). The molecular weight excluding hydrogens is 452 g/mol. The van der Waals surface area contributed by atoms with Crippen molar-refractivity contribution in [2.24, 2.45) is 0 Å². The quantitative estimate of drug-likeness (QED) is 0.422. The van der Waals surface area contributed by atoms with Gasteiger partial charge in [-0.05, 0) is 43.9 Å². The van der Waals surface area contributed by atoms with Crippen molar-refractivity contribution in [3.05, 3.63) is 41.3 Å². The number of nitrogens with one attached hydrogen (secondary N) is 1. The normalized spacial score (nSPS) is 17.6. The third-order valence-electron chi connectivity index (χ3n) is 4.71. The fraction of sp³-hybridized carbons (Fsp3) is 0.545. The molecule has 0 saturated heterocycles. The van der Waals surface area contributed by atoms with Gasteiger partial charge in [-0.15, -0.1) is 5.06 Å². The Labute approximate surface area is 194 Å². The summed E-state index contributed by atoms with van der Waals surface area (Å²) in [6, 6.07) is 6.32. The third-order valence-corrected chi connectivity index (χ3v) is 6.05. The molecule has 0 radical (unpaired) electrons. The number of sulfonamides is 1. The van der Waals surface area contributed by atoms with E-state index in [0.717, 1.165) is 5.56 Å². The van der Waals surface area contributed by atoms with Gasteiger partial charge in [0, 0.05) is 6.92 Å². The fourth-order valence-corrected chi connectivity index (χ4v) is 4.00. The summed E-state index contributed by atoms with van der Waals surface area (Å²) in [6.07, 6.45) is -1.24. The topological polar surface area (TPSA) is 131 Å². The monoisotopic (exact) mass is 484 g/mol. The summed E-state index contributed by atoms with van der Waals surface area (Å²) >= 11 is 0. The van der Waals surface area contributed by atoms with Crippen molar-refractivity contribution in [1.82, 2.24) is 9.79 Å². The van der Waals surface area contributed by atoms with Gasteiger partial charge < -0.3 is 19.4 Å². The van der Waals surface area contributed by atoms with Crippen LogP contribution in [0, 0.1) is 0 Å². The summed E-state index contributed by atoms with van der Waals surface area (Å²) in [5.74, 6) is -2.39. The number of nitrogens with zero attached hydrogens (tertiary/aromatic N) is 1. The molecule has 1 aliphatic rings. The van der Waals surface area contributed by atoms with Gasteiger partial charge in [0.15, 0.2) is 6.23 Å². The second-order valence-corrected chi connectivity index (χ2v) is 11.3. The first-order chi connectivity index (χ1) is 15.0. The van der Waals surface area contributed by atoms with Gasteiger partial charge >= 0.3 is 11.9 Å². The number of carbonyl (C=O) groups excluding carboxylic acids is 1. The van der Waals surface area contributed by atoms with Crippen LogP contribution in [0.5, 0.6) is 0 Å². The van der Waals surface area contributed by atoms with E-state index in [9.17, 15) is 23.1 Å². The SMILES string of the molecule is CC(=O)OCCOC1C(C(=O)O)=C(NS(=O)(=O)c2ccc(C(C)(C)C)cc2)ON1C(C)(C)C. The minimum atomic E-state index is -4.15. The molecule has 184 valence electrons. The lowest BCUT2D eigenvalue weighted by molar-refractivity contribution is -0.239. The molecule has 1 heterocycles. The van der Waals surface area contributed by atoms with Crippen molar-refractivity contribution in [3.63, 3.8) is 0 Å². The number of carboxylic acid groups (broad SMARTS) is 1. The highest BCUT2D eigenvalue weighted by molar-refractivity contribution is 7.89. The zero-order chi connectivity index (χ0) is 25.2. The Morgan fingerprint density at radius 1 is 1.09 bits per heavy atom. The second kappa shape index (κ2) is 9.70. The van der Waals surface area contributed by atoms with E-state index in [1.54, 1.807) is 32.9 Å². The van der Waals surface area contributed by atoms with Gasteiger partial charge in [-0.25, -0.2) is 17.9 Å². The lowest BCUT2D eigenvalue weighted by Crippen LogP contribution is -2.47. The Balaban J connectivity index is 2.36. The van der Waals surface area contributed by atoms with Crippen LogP contribution in [0.15, 0.2) is 40.6 Å². The molecule has 11 heteroatoms. The molecule has 1 atom stereocenters. The van der Waals surface area contributed by atoms with Crippen LogP contribution >= 0.6 is 0 Å². The van der Waals surface area contributed by atoms with E-state index in [4.69, 9.17) is 14.3 Å². The molecule has 1 aromatic carbocycles. The van der Waals surface area contributed by atoms with Gasteiger partial charge in [-0.1, -0.05) is 32.9 Å². The number of esters is 1. The summed E-state index contributed by atoms with van der Waals surface area (Å²) in [7, 11) is -4.15. The third kappa shape index (κ3) is 6.68. The van der Waals surface area contributed by atoms with E-state index in [2.05, 4.69) is 4.72 Å². The predicted octanol–water partition coefficient (Wildman–Crippen LogP) is 2.51. The molecule has 1 aromatic rings. The van der Waals surface area contributed by atoms with Gasteiger partial charge in [0.1, 0.15) is 12.2 Å². The summed E-state index contributed by atoms with van der Waals surface area (Å²) in [4.78, 5) is 28.6. The summed E-state index contributed by atoms with van der Waals surface area (Å²) < 4.78 is 38.6. The molecule has 0 saturated carbocycles. The number of carbonyl (C=O) groups is 2. The average Bonchev–Trinajstić information content (AvgIpc) is 3.02. The number of carboxylic acids is 1. The summed E-state index contributed by atoms with van der Waals surface area (Å²) in [5.41, 5.74) is -0.381. The molecule has 0 fully saturated rings. The molecule has 1 unspecified atom stereocenters. The molecule has 0 spiro atoms. The van der Waals surface area contributed by atoms with Gasteiger partial charge in [-0.3, -0.25) is 4.79 Å². The first kappa shape index (κ1) is 26.6.